The number of hydrogen-bond donors (Lipinski definition) is 1. The van der Waals surface area contributed by atoms with E-state index < -0.39 is 22.9 Å². The summed E-state index contributed by atoms with van der Waals surface area (Å²) in [5.74, 6) is 0. The third kappa shape index (κ3) is 2.72. The largest absolute Gasteiger partial charge is 0.422 e. The summed E-state index contributed by atoms with van der Waals surface area (Å²) in [5.41, 5.74) is 1.47. The lowest BCUT2D eigenvalue weighted by molar-refractivity contribution is -0.136. The summed E-state index contributed by atoms with van der Waals surface area (Å²) in [6, 6.07) is 8.20. The van der Waals surface area contributed by atoms with Crippen molar-refractivity contribution in [1.82, 2.24) is 4.98 Å². The Morgan fingerprint density at radius 2 is 1.84 bits per heavy atom. The van der Waals surface area contributed by atoms with Crippen molar-refractivity contribution in [1.29, 1.82) is 0 Å². The van der Waals surface area contributed by atoms with Crippen molar-refractivity contribution in [2.24, 2.45) is 0 Å². The van der Waals surface area contributed by atoms with Crippen molar-refractivity contribution in [3.63, 3.8) is 0 Å². The summed E-state index contributed by atoms with van der Waals surface area (Å²) in [6.45, 7) is 1.77. The molecule has 2 aromatic heterocycles. The van der Waals surface area contributed by atoms with E-state index in [9.17, 15) is 18.0 Å². The first-order chi connectivity index (χ1) is 14.9. The van der Waals surface area contributed by atoms with Gasteiger partial charge in [0.1, 0.15) is 5.58 Å². The Morgan fingerprint density at radius 3 is 2.65 bits per heavy atom. The Balaban J connectivity index is 1.73. The van der Waals surface area contributed by atoms with Gasteiger partial charge >= 0.3 is 11.8 Å². The Hall–Kier alpha value is -3.22. The molecule has 2 aromatic carbocycles. The number of hydrogen-bond acceptors (Lipinski definition) is 3. The van der Waals surface area contributed by atoms with Crippen LogP contribution in [0.2, 0.25) is 0 Å². The molecule has 0 atom stereocenters. The zero-order valence-electron chi connectivity index (χ0n) is 16.6. The van der Waals surface area contributed by atoms with Crippen LogP contribution in [-0.2, 0) is 19.0 Å². The number of benzene rings is 2. The molecule has 0 saturated heterocycles. The van der Waals surface area contributed by atoms with Gasteiger partial charge in [-0.15, -0.1) is 0 Å². The van der Waals surface area contributed by atoms with Crippen LogP contribution in [-0.4, -0.2) is 18.1 Å². The number of halogens is 3. The molecular formula is C24H19F3N2O2. The van der Waals surface area contributed by atoms with Crippen molar-refractivity contribution >= 4 is 27.6 Å². The number of aromatic nitrogens is 1. The lowest BCUT2D eigenvalue weighted by atomic mass is 9.87. The third-order valence-electron chi connectivity index (χ3n) is 6.52. The van der Waals surface area contributed by atoms with E-state index in [0.717, 1.165) is 60.1 Å². The number of H-pyrrole nitrogens is 1. The van der Waals surface area contributed by atoms with Gasteiger partial charge in [0.05, 0.1) is 11.1 Å². The number of nitrogens with zero attached hydrogens (tertiary/aromatic N) is 1. The molecule has 6 rings (SSSR count). The van der Waals surface area contributed by atoms with Crippen LogP contribution in [0, 0.1) is 0 Å². The lowest BCUT2D eigenvalue weighted by Crippen LogP contribution is -2.34. The molecule has 0 amide bonds. The fourth-order valence-corrected chi connectivity index (χ4v) is 5.28. The summed E-state index contributed by atoms with van der Waals surface area (Å²) in [5, 5.41) is 0.732. The second-order valence-electron chi connectivity index (χ2n) is 8.35. The highest BCUT2D eigenvalue weighted by molar-refractivity contribution is 5.95. The number of aryl methyl sites for hydroxylation is 2. The van der Waals surface area contributed by atoms with Gasteiger partial charge in [0, 0.05) is 41.4 Å². The van der Waals surface area contributed by atoms with Crippen LogP contribution in [0.5, 0.6) is 0 Å². The van der Waals surface area contributed by atoms with Crippen LogP contribution in [0.25, 0.3) is 33.0 Å². The standard InChI is InChI=1S/C24H19F3N2O2/c25-24(26,27)20-17-12-15-3-1-9-29-10-2-4-16(21(15)29)22(17)31-23(30)19(20)14-5-6-18-13(11-14)7-8-28-18/h5-8,11-12,28H,1-4,9-10H2. The number of rotatable bonds is 1. The summed E-state index contributed by atoms with van der Waals surface area (Å²) in [6.07, 6.45) is 0.113. The quantitative estimate of drug-likeness (QED) is 0.401. The van der Waals surface area contributed by atoms with Gasteiger partial charge in [-0.3, -0.25) is 0 Å². The highest BCUT2D eigenvalue weighted by atomic mass is 19.4. The predicted octanol–water partition coefficient (Wildman–Crippen LogP) is 5.66. The van der Waals surface area contributed by atoms with Gasteiger partial charge in [0.15, 0.2) is 0 Å². The maximum Gasteiger partial charge on any atom is 0.417 e. The van der Waals surface area contributed by atoms with E-state index in [2.05, 4.69) is 9.88 Å². The van der Waals surface area contributed by atoms with E-state index in [0.29, 0.717) is 6.42 Å². The van der Waals surface area contributed by atoms with E-state index in [1.165, 1.54) is 6.07 Å². The number of aromatic amines is 1. The first kappa shape index (κ1) is 18.5. The molecule has 4 aromatic rings. The van der Waals surface area contributed by atoms with Gasteiger partial charge in [-0.25, -0.2) is 4.79 Å². The molecule has 2 aliphatic heterocycles. The topological polar surface area (TPSA) is 49.2 Å². The minimum atomic E-state index is -4.69. The molecule has 1 N–H and O–H groups in total. The van der Waals surface area contributed by atoms with E-state index in [4.69, 9.17) is 4.42 Å². The molecule has 0 unspecified atom stereocenters. The fourth-order valence-electron chi connectivity index (χ4n) is 5.28. The maximum atomic E-state index is 14.5. The number of anilines is 1. The zero-order valence-corrected chi connectivity index (χ0v) is 16.6. The van der Waals surface area contributed by atoms with Gasteiger partial charge in [-0.05, 0) is 66.5 Å². The molecule has 0 bridgehead atoms. The Labute approximate surface area is 175 Å². The first-order valence-electron chi connectivity index (χ1n) is 10.5. The van der Waals surface area contributed by atoms with Gasteiger partial charge in [-0.1, -0.05) is 6.07 Å². The van der Waals surface area contributed by atoms with Crippen molar-refractivity contribution in [3.8, 4) is 11.1 Å². The Kier molecular flexibility index (Phi) is 3.82. The highest BCUT2D eigenvalue weighted by Gasteiger charge is 2.40. The summed E-state index contributed by atoms with van der Waals surface area (Å²) in [7, 11) is 0. The van der Waals surface area contributed by atoms with E-state index in [1.807, 2.05) is 0 Å². The molecule has 31 heavy (non-hydrogen) atoms. The van der Waals surface area contributed by atoms with Gasteiger partial charge in [0.2, 0.25) is 0 Å². The number of alkyl halides is 3. The molecular weight excluding hydrogens is 405 g/mol. The smallest absolute Gasteiger partial charge is 0.417 e. The average Bonchev–Trinajstić information content (AvgIpc) is 3.21. The minimum Gasteiger partial charge on any atom is -0.422 e. The first-order valence-corrected chi connectivity index (χ1v) is 10.5. The van der Waals surface area contributed by atoms with Gasteiger partial charge in [-0.2, -0.15) is 13.2 Å². The summed E-state index contributed by atoms with van der Waals surface area (Å²) >= 11 is 0. The van der Waals surface area contributed by atoms with Crippen molar-refractivity contribution < 1.29 is 17.6 Å². The van der Waals surface area contributed by atoms with Gasteiger partial charge in [0.25, 0.3) is 0 Å². The van der Waals surface area contributed by atoms with Crippen molar-refractivity contribution in [3.05, 3.63) is 63.6 Å². The van der Waals surface area contributed by atoms with Gasteiger partial charge < -0.3 is 14.3 Å². The van der Waals surface area contributed by atoms with E-state index in [-0.39, 0.29) is 16.5 Å². The van der Waals surface area contributed by atoms with E-state index in [1.54, 1.807) is 30.5 Å². The number of nitrogens with one attached hydrogen (secondary N) is 1. The normalized spacial score (nSPS) is 16.2. The highest BCUT2D eigenvalue weighted by Crippen LogP contribution is 2.46. The molecule has 2 aliphatic rings. The molecule has 7 heteroatoms. The molecule has 0 aliphatic carbocycles. The third-order valence-corrected chi connectivity index (χ3v) is 6.52. The molecule has 0 fully saturated rings. The second-order valence-corrected chi connectivity index (χ2v) is 8.35. The zero-order chi connectivity index (χ0) is 21.3. The minimum absolute atomic E-state index is 0.00577. The number of fused-ring (bicyclic) bond motifs is 3. The molecule has 4 heterocycles. The van der Waals surface area contributed by atoms with Crippen LogP contribution in [0.15, 0.2) is 45.7 Å². The lowest BCUT2D eigenvalue weighted by Gasteiger charge is -2.37. The van der Waals surface area contributed by atoms with Crippen LogP contribution in [0.3, 0.4) is 0 Å². The Morgan fingerprint density at radius 1 is 1.03 bits per heavy atom. The maximum absolute atomic E-state index is 14.5. The monoisotopic (exact) mass is 424 g/mol. The average molecular weight is 424 g/mol. The molecule has 0 spiro atoms. The molecule has 0 saturated carbocycles. The predicted molar refractivity (Wildman–Crippen MR) is 114 cm³/mol. The Bertz CT molecular complexity index is 1410. The molecule has 0 radical (unpaired) electrons. The molecule has 158 valence electrons. The fraction of sp³-hybridized carbons (Fsp3) is 0.292. The van der Waals surface area contributed by atoms with Crippen LogP contribution in [0.4, 0.5) is 18.9 Å². The van der Waals surface area contributed by atoms with Crippen LogP contribution in [0.1, 0.15) is 29.5 Å². The van der Waals surface area contributed by atoms with Crippen molar-refractivity contribution in [2.45, 2.75) is 31.9 Å². The SMILES string of the molecule is O=c1oc2c3c4c(cc2c(C(F)(F)F)c1-c1ccc2[nH]ccc2c1)CCCN4CCC3. The van der Waals surface area contributed by atoms with E-state index >= 15 is 0 Å². The second kappa shape index (κ2) is 6.39. The van der Waals surface area contributed by atoms with Crippen molar-refractivity contribution in [2.75, 3.05) is 18.0 Å². The summed E-state index contributed by atoms with van der Waals surface area (Å²) < 4.78 is 49.0. The summed E-state index contributed by atoms with van der Waals surface area (Å²) in [4.78, 5) is 18.3. The van der Waals surface area contributed by atoms with Crippen LogP contribution < -0.4 is 10.5 Å². The van der Waals surface area contributed by atoms with Crippen LogP contribution >= 0.6 is 0 Å². The molecule has 4 nitrogen and oxygen atoms in total.